The van der Waals surface area contributed by atoms with Crippen LogP contribution in [0.5, 0.6) is 0 Å². The van der Waals surface area contributed by atoms with Crippen molar-refractivity contribution in [2.24, 2.45) is 7.05 Å². The first-order valence-corrected chi connectivity index (χ1v) is 8.59. The van der Waals surface area contributed by atoms with Crippen LogP contribution in [-0.4, -0.2) is 47.3 Å². The molecule has 1 aromatic carbocycles. The second-order valence-corrected chi connectivity index (χ2v) is 7.00. The second kappa shape index (κ2) is 6.95. The van der Waals surface area contributed by atoms with Gasteiger partial charge in [-0.3, -0.25) is 9.48 Å². The van der Waals surface area contributed by atoms with Crippen molar-refractivity contribution in [3.05, 3.63) is 52.8 Å². The summed E-state index contributed by atoms with van der Waals surface area (Å²) in [6.45, 7) is 2.65. The molecule has 1 amide bonds. The summed E-state index contributed by atoms with van der Waals surface area (Å²) in [6.07, 6.45) is 3.54. The van der Waals surface area contributed by atoms with Gasteiger partial charge < -0.3 is 10.2 Å². The number of aryl methyl sites for hydroxylation is 1. The molecule has 0 atom stereocenters. The minimum Gasteiger partial charge on any atom is -0.350 e. The van der Waals surface area contributed by atoms with Gasteiger partial charge >= 0.3 is 0 Å². The summed E-state index contributed by atoms with van der Waals surface area (Å²) in [5.74, 6) is -0.172. The highest BCUT2D eigenvalue weighted by molar-refractivity contribution is 6.33. The van der Waals surface area contributed by atoms with Crippen LogP contribution in [0, 0.1) is 0 Å². The highest BCUT2D eigenvalue weighted by Crippen LogP contribution is 2.34. The Hall–Kier alpha value is -1.85. The van der Waals surface area contributed by atoms with Crippen LogP contribution >= 0.6 is 11.6 Å². The number of hydrogen-bond acceptors (Lipinski definition) is 3. The van der Waals surface area contributed by atoms with E-state index in [0.29, 0.717) is 17.3 Å². The molecule has 0 aliphatic carbocycles. The Morgan fingerprint density at radius 1 is 1.25 bits per heavy atom. The maximum atomic E-state index is 12.6. The van der Waals surface area contributed by atoms with Crippen LogP contribution in [0.4, 0.5) is 0 Å². The van der Waals surface area contributed by atoms with Crippen molar-refractivity contribution in [2.45, 2.75) is 18.3 Å². The Morgan fingerprint density at radius 3 is 2.50 bits per heavy atom. The Balaban J connectivity index is 1.79. The lowest BCUT2D eigenvalue weighted by molar-refractivity contribution is 0.0918. The quantitative estimate of drug-likeness (QED) is 0.925. The lowest BCUT2D eigenvalue weighted by Crippen LogP contribution is -2.48. The molecule has 2 aromatic rings. The van der Waals surface area contributed by atoms with Gasteiger partial charge in [-0.1, -0.05) is 41.9 Å². The van der Waals surface area contributed by atoms with Gasteiger partial charge in [-0.2, -0.15) is 5.10 Å². The number of nitrogens with zero attached hydrogens (tertiary/aromatic N) is 3. The number of aromatic nitrogens is 2. The number of likely N-dealkylation sites (tertiary alicyclic amines) is 1. The summed E-state index contributed by atoms with van der Waals surface area (Å²) in [6, 6.07) is 10.5. The fourth-order valence-corrected chi connectivity index (χ4v) is 3.66. The number of carbonyl (C=O) groups is 1. The first kappa shape index (κ1) is 17.0. The maximum Gasteiger partial charge on any atom is 0.271 e. The van der Waals surface area contributed by atoms with Gasteiger partial charge in [0.25, 0.3) is 5.91 Å². The van der Waals surface area contributed by atoms with E-state index in [1.807, 2.05) is 6.07 Å². The van der Waals surface area contributed by atoms with Crippen LogP contribution in [0.2, 0.25) is 5.02 Å². The lowest BCUT2D eigenvalue weighted by Gasteiger charge is -2.41. The van der Waals surface area contributed by atoms with Crippen molar-refractivity contribution in [1.29, 1.82) is 0 Å². The molecule has 0 saturated carbocycles. The highest BCUT2D eigenvalue weighted by atomic mass is 35.5. The molecule has 0 unspecified atom stereocenters. The smallest absolute Gasteiger partial charge is 0.271 e. The van der Waals surface area contributed by atoms with Gasteiger partial charge in [-0.05, 0) is 38.5 Å². The monoisotopic (exact) mass is 346 g/mol. The minimum atomic E-state index is -0.172. The van der Waals surface area contributed by atoms with Crippen molar-refractivity contribution >= 4 is 17.5 Å². The third kappa shape index (κ3) is 3.32. The number of nitrogens with one attached hydrogen (secondary N) is 1. The van der Waals surface area contributed by atoms with Gasteiger partial charge in [0.05, 0.1) is 11.2 Å². The molecule has 2 heterocycles. The van der Waals surface area contributed by atoms with E-state index in [1.165, 1.54) is 16.4 Å². The third-order valence-corrected chi connectivity index (χ3v) is 5.30. The van der Waals surface area contributed by atoms with E-state index in [2.05, 4.69) is 46.6 Å². The summed E-state index contributed by atoms with van der Waals surface area (Å²) >= 11 is 6.08. The number of benzene rings is 1. The van der Waals surface area contributed by atoms with Crippen LogP contribution in [0.15, 0.2) is 36.5 Å². The van der Waals surface area contributed by atoms with Gasteiger partial charge in [0.15, 0.2) is 0 Å². The van der Waals surface area contributed by atoms with E-state index < -0.39 is 0 Å². The number of rotatable bonds is 4. The predicted octanol–water partition coefficient (Wildman–Crippen LogP) is 2.47. The van der Waals surface area contributed by atoms with Crippen molar-refractivity contribution in [3.8, 4) is 0 Å². The van der Waals surface area contributed by atoms with Crippen molar-refractivity contribution in [2.75, 3.05) is 26.7 Å². The molecular weight excluding hydrogens is 324 g/mol. The van der Waals surface area contributed by atoms with E-state index in [4.69, 9.17) is 11.6 Å². The molecule has 0 bridgehead atoms. The summed E-state index contributed by atoms with van der Waals surface area (Å²) in [5.41, 5.74) is 1.66. The average molecular weight is 347 g/mol. The molecule has 3 rings (SSSR count). The number of halogens is 1. The van der Waals surface area contributed by atoms with Crippen LogP contribution in [0.3, 0.4) is 0 Å². The zero-order valence-corrected chi connectivity index (χ0v) is 14.9. The fraction of sp³-hybridized carbons (Fsp3) is 0.444. The van der Waals surface area contributed by atoms with Crippen LogP contribution in [0.1, 0.15) is 28.9 Å². The van der Waals surface area contributed by atoms with Crippen LogP contribution in [0.25, 0.3) is 0 Å². The summed E-state index contributed by atoms with van der Waals surface area (Å²) in [5, 5.41) is 7.50. The summed E-state index contributed by atoms with van der Waals surface area (Å²) in [7, 11) is 3.87. The van der Waals surface area contributed by atoms with Gasteiger partial charge in [0.1, 0.15) is 5.69 Å². The topological polar surface area (TPSA) is 50.2 Å². The largest absolute Gasteiger partial charge is 0.350 e. The summed E-state index contributed by atoms with van der Waals surface area (Å²) in [4.78, 5) is 14.9. The Labute approximate surface area is 147 Å². The molecule has 1 aliphatic rings. The van der Waals surface area contributed by atoms with Crippen molar-refractivity contribution in [3.63, 3.8) is 0 Å². The fourth-order valence-electron chi connectivity index (χ4n) is 3.41. The molecule has 128 valence electrons. The average Bonchev–Trinajstić information content (AvgIpc) is 2.94. The third-order valence-electron chi connectivity index (χ3n) is 5.03. The van der Waals surface area contributed by atoms with Crippen LogP contribution < -0.4 is 5.32 Å². The van der Waals surface area contributed by atoms with Gasteiger partial charge in [-0.25, -0.2) is 0 Å². The Kier molecular flexibility index (Phi) is 4.92. The van der Waals surface area contributed by atoms with Gasteiger partial charge in [0.2, 0.25) is 0 Å². The van der Waals surface area contributed by atoms with Crippen LogP contribution in [-0.2, 0) is 12.5 Å². The first-order valence-electron chi connectivity index (χ1n) is 8.22. The van der Waals surface area contributed by atoms with E-state index in [9.17, 15) is 4.79 Å². The lowest BCUT2D eigenvalue weighted by atomic mass is 9.72. The number of hydrogen-bond donors (Lipinski definition) is 1. The van der Waals surface area contributed by atoms with E-state index in [-0.39, 0.29) is 11.3 Å². The second-order valence-electron chi connectivity index (χ2n) is 6.60. The molecule has 1 N–H and O–H groups in total. The molecular formula is C18H23ClN4O. The molecule has 24 heavy (non-hydrogen) atoms. The molecule has 0 spiro atoms. The molecule has 6 heteroatoms. The van der Waals surface area contributed by atoms with Crippen molar-refractivity contribution < 1.29 is 4.79 Å². The molecule has 5 nitrogen and oxygen atoms in total. The molecule has 0 radical (unpaired) electrons. The molecule has 1 aliphatic heterocycles. The number of piperidine rings is 1. The standard InChI is InChI=1S/C18H23ClN4O/c1-22-10-8-18(9-11-22,14-6-4-3-5-7-14)13-20-17(24)16-15(19)12-21-23(16)2/h3-7,12H,8-11,13H2,1-2H3,(H,20,24). The van der Waals surface area contributed by atoms with E-state index >= 15 is 0 Å². The van der Waals surface area contributed by atoms with E-state index in [0.717, 1.165) is 25.9 Å². The molecule has 1 fully saturated rings. The Morgan fingerprint density at radius 2 is 1.92 bits per heavy atom. The number of amides is 1. The first-order chi connectivity index (χ1) is 11.5. The molecule has 1 aromatic heterocycles. The minimum absolute atomic E-state index is 0.0332. The van der Waals surface area contributed by atoms with Gasteiger partial charge in [-0.15, -0.1) is 0 Å². The number of carbonyl (C=O) groups excluding carboxylic acids is 1. The maximum absolute atomic E-state index is 12.6. The highest BCUT2D eigenvalue weighted by Gasteiger charge is 2.36. The normalized spacial score (nSPS) is 17.6. The van der Waals surface area contributed by atoms with Crippen molar-refractivity contribution in [1.82, 2.24) is 20.0 Å². The zero-order chi connectivity index (χ0) is 17.2. The SMILES string of the molecule is CN1CCC(CNC(=O)c2c(Cl)cnn2C)(c2ccccc2)CC1. The summed E-state index contributed by atoms with van der Waals surface area (Å²) < 4.78 is 1.52. The zero-order valence-electron chi connectivity index (χ0n) is 14.1. The Bertz CT molecular complexity index is 686. The molecule has 1 saturated heterocycles. The predicted molar refractivity (Wildman–Crippen MR) is 95.4 cm³/mol. The van der Waals surface area contributed by atoms with E-state index in [1.54, 1.807) is 7.05 Å². The van der Waals surface area contributed by atoms with Gasteiger partial charge in [0, 0.05) is 19.0 Å².